The maximum atomic E-state index is 6.04. The predicted molar refractivity (Wildman–Crippen MR) is 48.5 cm³/mol. The van der Waals surface area contributed by atoms with E-state index in [4.69, 9.17) is 5.73 Å². The highest BCUT2D eigenvalue weighted by Gasteiger charge is 2.49. The van der Waals surface area contributed by atoms with Crippen LogP contribution in [0.5, 0.6) is 0 Å². The van der Waals surface area contributed by atoms with Gasteiger partial charge < -0.3 is 11.1 Å². The third kappa shape index (κ3) is 1.09. The molecule has 0 spiro atoms. The minimum atomic E-state index is 0.118. The van der Waals surface area contributed by atoms with Crippen molar-refractivity contribution < 1.29 is 0 Å². The summed E-state index contributed by atoms with van der Waals surface area (Å²) in [6.45, 7) is 6.80. The van der Waals surface area contributed by atoms with E-state index in [2.05, 4.69) is 26.1 Å². The smallest absolute Gasteiger partial charge is 0.0353 e. The monoisotopic (exact) mass is 156 g/mol. The van der Waals surface area contributed by atoms with E-state index in [9.17, 15) is 0 Å². The van der Waals surface area contributed by atoms with E-state index in [0.717, 1.165) is 6.42 Å². The summed E-state index contributed by atoms with van der Waals surface area (Å²) in [7, 11) is 2.01. The maximum absolute atomic E-state index is 6.04. The van der Waals surface area contributed by atoms with Crippen molar-refractivity contribution in [2.45, 2.75) is 45.2 Å². The van der Waals surface area contributed by atoms with Crippen molar-refractivity contribution in [3.8, 4) is 0 Å². The highest BCUT2D eigenvalue weighted by molar-refractivity contribution is 5.08. The Balaban J connectivity index is 2.88. The Hall–Kier alpha value is -0.0800. The van der Waals surface area contributed by atoms with Crippen LogP contribution >= 0.6 is 0 Å². The Kier molecular flexibility index (Phi) is 2.01. The van der Waals surface area contributed by atoms with Gasteiger partial charge in [-0.3, -0.25) is 0 Å². The largest absolute Gasteiger partial charge is 0.326 e. The van der Waals surface area contributed by atoms with Crippen LogP contribution in [0.15, 0.2) is 0 Å². The van der Waals surface area contributed by atoms with Crippen molar-refractivity contribution in [1.82, 2.24) is 5.32 Å². The van der Waals surface area contributed by atoms with Crippen molar-refractivity contribution in [3.05, 3.63) is 0 Å². The molecule has 0 aliphatic heterocycles. The second kappa shape index (κ2) is 2.46. The van der Waals surface area contributed by atoms with Crippen molar-refractivity contribution >= 4 is 0 Å². The Labute approximate surface area is 69.5 Å². The zero-order valence-corrected chi connectivity index (χ0v) is 8.07. The summed E-state index contributed by atoms with van der Waals surface area (Å²) in [5.74, 6) is 0. The summed E-state index contributed by atoms with van der Waals surface area (Å²) in [5, 5.41) is 3.36. The van der Waals surface area contributed by atoms with Gasteiger partial charge in [0.25, 0.3) is 0 Å². The van der Waals surface area contributed by atoms with E-state index in [1.807, 2.05) is 7.05 Å². The quantitative estimate of drug-likeness (QED) is 0.597. The van der Waals surface area contributed by atoms with Crippen LogP contribution < -0.4 is 11.1 Å². The number of hydrogen-bond acceptors (Lipinski definition) is 2. The molecule has 0 aromatic rings. The van der Waals surface area contributed by atoms with Crippen LogP contribution in [0.2, 0.25) is 0 Å². The van der Waals surface area contributed by atoms with E-state index >= 15 is 0 Å². The molecule has 1 saturated carbocycles. The first kappa shape index (κ1) is 9.01. The third-order valence-corrected chi connectivity index (χ3v) is 3.75. The zero-order valence-electron chi connectivity index (χ0n) is 8.07. The van der Waals surface area contributed by atoms with Gasteiger partial charge in [0, 0.05) is 11.6 Å². The first-order valence-electron chi connectivity index (χ1n) is 4.38. The molecule has 11 heavy (non-hydrogen) atoms. The van der Waals surface area contributed by atoms with Crippen molar-refractivity contribution in [3.63, 3.8) is 0 Å². The molecular formula is C9H20N2. The maximum Gasteiger partial charge on any atom is 0.0353 e. The molecule has 2 heteroatoms. The Bertz CT molecular complexity index is 154. The van der Waals surface area contributed by atoms with Gasteiger partial charge in [0.15, 0.2) is 0 Å². The van der Waals surface area contributed by atoms with Gasteiger partial charge in [-0.25, -0.2) is 0 Å². The highest BCUT2D eigenvalue weighted by Crippen LogP contribution is 2.44. The Morgan fingerprint density at radius 3 is 2.09 bits per heavy atom. The molecule has 2 atom stereocenters. The topological polar surface area (TPSA) is 38.0 Å². The molecular weight excluding hydrogens is 136 g/mol. The van der Waals surface area contributed by atoms with Gasteiger partial charge in [0.05, 0.1) is 0 Å². The highest BCUT2D eigenvalue weighted by atomic mass is 15.0. The van der Waals surface area contributed by atoms with Crippen LogP contribution in [0.25, 0.3) is 0 Å². The molecule has 0 heterocycles. The Morgan fingerprint density at radius 2 is 1.91 bits per heavy atom. The normalized spacial score (nSPS) is 42.8. The van der Waals surface area contributed by atoms with Crippen LogP contribution in [-0.2, 0) is 0 Å². The molecule has 1 rings (SSSR count). The minimum absolute atomic E-state index is 0.118. The number of hydrogen-bond donors (Lipinski definition) is 2. The number of likely N-dealkylation sites (N-methyl/N-ethyl adjacent to an activating group) is 1. The minimum Gasteiger partial charge on any atom is -0.326 e. The van der Waals surface area contributed by atoms with Crippen molar-refractivity contribution in [2.75, 3.05) is 7.05 Å². The molecule has 2 unspecified atom stereocenters. The van der Waals surface area contributed by atoms with Gasteiger partial charge in [-0.2, -0.15) is 0 Å². The molecule has 66 valence electrons. The standard InChI is InChI=1S/C9H20N2/c1-8(2)6-5-7(10)9(8,3)11-4/h7,11H,5-6,10H2,1-4H3. The lowest BCUT2D eigenvalue weighted by Crippen LogP contribution is -2.58. The average molecular weight is 156 g/mol. The van der Waals surface area contributed by atoms with Crippen LogP contribution in [0.1, 0.15) is 33.6 Å². The fraction of sp³-hybridized carbons (Fsp3) is 1.00. The van der Waals surface area contributed by atoms with Crippen molar-refractivity contribution in [2.24, 2.45) is 11.1 Å². The van der Waals surface area contributed by atoms with Crippen LogP contribution in [0.4, 0.5) is 0 Å². The van der Waals surface area contributed by atoms with E-state index in [-0.39, 0.29) is 5.54 Å². The first-order valence-corrected chi connectivity index (χ1v) is 4.38. The van der Waals surface area contributed by atoms with Crippen LogP contribution in [-0.4, -0.2) is 18.6 Å². The fourth-order valence-electron chi connectivity index (χ4n) is 2.09. The average Bonchev–Trinajstić information content (AvgIpc) is 2.15. The van der Waals surface area contributed by atoms with Gasteiger partial charge in [-0.1, -0.05) is 13.8 Å². The van der Waals surface area contributed by atoms with Gasteiger partial charge in [-0.05, 0) is 32.2 Å². The zero-order chi connectivity index (χ0) is 8.70. The lowest BCUT2D eigenvalue weighted by Gasteiger charge is -2.41. The molecule has 1 aliphatic carbocycles. The Morgan fingerprint density at radius 1 is 1.36 bits per heavy atom. The van der Waals surface area contributed by atoms with E-state index < -0.39 is 0 Å². The van der Waals surface area contributed by atoms with E-state index in [1.165, 1.54) is 6.42 Å². The fourth-order valence-corrected chi connectivity index (χ4v) is 2.09. The second-order valence-electron chi connectivity index (χ2n) is 4.48. The predicted octanol–water partition coefficient (Wildman–Crippen LogP) is 1.11. The van der Waals surface area contributed by atoms with Gasteiger partial charge in [-0.15, -0.1) is 0 Å². The van der Waals surface area contributed by atoms with E-state index in [1.54, 1.807) is 0 Å². The van der Waals surface area contributed by atoms with Crippen LogP contribution in [0, 0.1) is 5.41 Å². The summed E-state index contributed by atoms with van der Waals surface area (Å²) in [6.07, 6.45) is 2.37. The molecule has 0 bridgehead atoms. The third-order valence-electron chi connectivity index (χ3n) is 3.75. The molecule has 0 amide bonds. The van der Waals surface area contributed by atoms with Gasteiger partial charge >= 0.3 is 0 Å². The lowest BCUT2D eigenvalue weighted by atomic mass is 9.75. The number of nitrogens with one attached hydrogen (secondary N) is 1. The van der Waals surface area contributed by atoms with Gasteiger partial charge in [0.2, 0.25) is 0 Å². The second-order valence-corrected chi connectivity index (χ2v) is 4.48. The molecule has 2 nitrogen and oxygen atoms in total. The van der Waals surface area contributed by atoms with Crippen molar-refractivity contribution in [1.29, 1.82) is 0 Å². The summed E-state index contributed by atoms with van der Waals surface area (Å²) in [6, 6.07) is 0.308. The van der Waals surface area contributed by atoms with Gasteiger partial charge in [0.1, 0.15) is 0 Å². The molecule has 0 aromatic heterocycles. The molecule has 0 aromatic carbocycles. The summed E-state index contributed by atoms with van der Waals surface area (Å²) >= 11 is 0. The number of rotatable bonds is 1. The molecule has 0 saturated heterocycles. The summed E-state index contributed by atoms with van der Waals surface area (Å²) in [4.78, 5) is 0. The molecule has 1 fully saturated rings. The van der Waals surface area contributed by atoms with E-state index in [0.29, 0.717) is 11.5 Å². The van der Waals surface area contributed by atoms with Crippen LogP contribution in [0.3, 0.4) is 0 Å². The summed E-state index contributed by atoms with van der Waals surface area (Å²) in [5.41, 5.74) is 6.49. The molecule has 3 N–H and O–H groups in total. The molecule has 1 aliphatic rings. The summed E-state index contributed by atoms with van der Waals surface area (Å²) < 4.78 is 0. The molecule has 0 radical (unpaired) electrons. The number of nitrogens with two attached hydrogens (primary N) is 1. The first-order chi connectivity index (χ1) is 4.94. The SMILES string of the molecule is CNC1(C)C(N)CCC1(C)C. The lowest BCUT2D eigenvalue weighted by molar-refractivity contribution is 0.174.